The number of anilines is 1. The molecular formula is C12H8ClN3S. The first-order valence-electron chi connectivity index (χ1n) is 4.78. The molecule has 0 radical (unpaired) electrons. The molecule has 3 nitrogen and oxygen atoms in total. The highest BCUT2D eigenvalue weighted by molar-refractivity contribution is 7.99. The third-order valence-corrected chi connectivity index (χ3v) is 3.23. The number of benzene rings is 1. The van der Waals surface area contributed by atoms with Crippen molar-refractivity contribution in [2.75, 3.05) is 5.73 Å². The molecule has 0 aliphatic heterocycles. The predicted molar refractivity (Wildman–Crippen MR) is 68.9 cm³/mol. The molecule has 1 aromatic carbocycles. The minimum atomic E-state index is 0.478. The molecule has 0 saturated carbocycles. The molecule has 0 saturated heterocycles. The number of hydrogen-bond donors (Lipinski definition) is 1. The molecule has 0 fully saturated rings. The first-order chi connectivity index (χ1) is 8.19. The molecule has 0 amide bonds. The summed E-state index contributed by atoms with van der Waals surface area (Å²) in [5.74, 6) is 0. The molecular weight excluding hydrogens is 254 g/mol. The average molecular weight is 262 g/mol. The molecule has 5 heteroatoms. The van der Waals surface area contributed by atoms with Crippen LogP contribution in [0.2, 0.25) is 5.02 Å². The van der Waals surface area contributed by atoms with Crippen LogP contribution in [0, 0.1) is 11.3 Å². The Labute approximate surface area is 108 Å². The Bertz CT molecular complexity index is 575. The third kappa shape index (κ3) is 2.90. The van der Waals surface area contributed by atoms with E-state index in [0.29, 0.717) is 16.3 Å². The van der Waals surface area contributed by atoms with Gasteiger partial charge >= 0.3 is 0 Å². The van der Waals surface area contributed by atoms with E-state index in [1.54, 1.807) is 24.4 Å². The Hall–Kier alpha value is -1.70. The maximum Gasteiger partial charge on any atom is 0.101 e. The fourth-order valence-corrected chi connectivity index (χ4v) is 2.17. The molecule has 0 unspecified atom stereocenters. The molecule has 0 spiro atoms. The lowest BCUT2D eigenvalue weighted by Crippen LogP contribution is -1.90. The first-order valence-corrected chi connectivity index (χ1v) is 5.97. The largest absolute Gasteiger partial charge is 0.398 e. The van der Waals surface area contributed by atoms with E-state index in [1.165, 1.54) is 11.8 Å². The van der Waals surface area contributed by atoms with Crippen LogP contribution < -0.4 is 5.73 Å². The van der Waals surface area contributed by atoms with Gasteiger partial charge in [-0.25, -0.2) is 4.98 Å². The maximum atomic E-state index is 8.77. The third-order valence-electron chi connectivity index (χ3n) is 2.07. The van der Waals surface area contributed by atoms with Gasteiger partial charge in [0.15, 0.2) is 0 Å². The maximum absolute atomic E-state index is 8.77. The van der Waals surface area contributed by atoms with Gasteiger partial charge in [-0.2, -0.15) is 5.26 Å². The van der Waals surface area contributed by atoms with Crippen LogP contribution in [0.5, 0.6) is 0 Å². The van der Waals surface area contributed by atoms with E-state index in [2.05, 4.69) is 4.98 Å². The number of nitriles is 1. The summed E-state index contributed by atoms with van der Waals surface area (Å²) in [6, 6.07) is 11.0. The second-order valence-electron chi connectivity index (χ2n) is 3.28. The van der Waals surface area contributed by atoms with Gasteiger partial charge < -0.3 is 5.73 Å². The van der Waals surface area contributed by atoms with Crippen molar-refractivity contribution in [2.24, 2.45) is 0 Å². The smallest absolute Gasteiger partial charge is 0.101 e. The Morgan fingerprint density at radius 1 is 1.29 bits per heavy atom. The highest BCUT2D eigenvalue weighted by Gasteiger charge is 2.02. The SMILES string of the molecule is N#Cc1ccc(Sc2ccc(Cl)cn2)cc1N. The monoisotopic (exact) mass is 261 g/mol. The zero-order valence-corrected chi connectivity index (χ0v) is 10.3. The van der Waals surface area contributed by atoms with E-state index in [-0.39, 0.29) is 0 Å². The van der Waals surface area contributed by atoms with Crippen molar-refractivity contribution in [3.8, 4) is 6.07 Å². The predicted octanol–water partition coefficient (Wildman–Crippen LogP) is 3.34. The number of halogens is 1. The highest BCUT2D eigenvalue weighted by Crippen LogP contribution is 2.28. The van der Waals surface area contributed by atoms with Gasteiger partial charge in [0, 0.05) is 11.1 Å². The van der Waals surface area contributed by atoms with E-state index in [9.17, 15) is 0 Å². The molecule has 84 valence electrons. The van der Waals surface area contributed by atoms with Gasteiger partial charge in [0.25, 0.3) is 0 Å². The van der Waals surface area contributed by atoms with Crippen LogP contribution in [0.1, 0.15) is 5.56 Å². The summed E-state index contributed by atoms with van der Waals surface area (Å²) in [6.45, 7) is 0. The Morgan fingerprint density at radius 3 is 2.71 bits per heavy atom. The quantitative estimate of drug-likeness (QED) is 0.842. The van der Waals surface area contributed by atoms with Crippen LogP contribution in [-0.2, 0) is 0 Å². The second kappa shape index (κ2) is 5.09. The number of nitrogens with two attached hydrogens (primary N) is 1. The molecule has 2 rings (SSSR count). The van der Waals surface area contributed by atoms with Crippen molar-refractivity contribution < 1.29 is 0 Å². The van der Waals surface area contributed by atoms with Crippen molar-refractivity contribution >= 4 is 29.1 Å². The van der Waals surface area contributed by atoms with Gasteiger partial charge in [-0.15, -0.1) is 0 Å². The number of hydrogen-bond acceptors (Lipinski definition) is 4. The summed E-state index contributed by atoms with van der Waals surface area (Å²) < 4.78 is 0. The summed E-state index contributed by atoms with van der Waals surface area (Å²) in [7, 11) is 0. The molecule has 0 atom stereocenters. The lowest BCUT2D eigenvalue weighted by molar-refractivity contribution is 1.13. The van der Waals surface area contributed by atoms with Crippen LogP contribution in [0.3, 0.4) is 0 Å². The number of rotatable bonds is 2. The summed E-state index contributed by atoms with van der Waals surface area (Å²) in [5, 5.41) is 10.2. The number of aromatic nitrogens is 1. The lowest BCUT2D eigenvalue weighted by Gasteiger charge is -2.03. The van der Waals surface area contributed by atoms with Crippen LogP contribution >= 0.6 is 23.4 Å². The van der Waals surface area contributed by atoms with E-state index >= 15 is 0 Å². The molecule has 2 N–H and O–H groups in total. The zero-order valence-electron chi connectivity index (χ0n) is 8.72. The molecule has 17 heavy (non-hydrogen) atoms. The van der Waals surface area contributed by atoms with E-state index in [0.717, 1.165) is 9.92 Å². The van der Waals surface area contributed by atoms with Gasteiger partial charge in [-0.05, 0) is 30.3 Å². The van der Waals surface area contributed by atoms with Crippen molar-refractivity contribution in [3.63, 3.8) is 0 Å². The lowest BCUT2D eigenvalue weighted by atomic mass is 10.2. The molecule has 0 aliphatic carbocycles. The van der Waals surface area contributed by atoms with Crippen molar-refractivity contribution in [2.45, 2.75) is 9.92 Å². The molecule has 1 heterocycles. The van der Waals surface area contributed by atoms with Gasteiger partial charge in [0.2, 0.25) is 0 Å². The number of nitrogen functional groups attached to an aromatic ring is 1. The summed E-state index contributed by atoms with van der Waals surface area (Å²) in [5.41, 5.74) is 6.70. The highest BCUT2D eigenvalue weighted by atomic mass is 35.5. The average Bonchev–Trinajstić information content (AvgIpc) is 2.32. The summed E-state index contributed by atoms with van der Waals surface area (Å²) in [6.07, 6.45) is 1.59. The summed E-state index contributed by atoms with van der Waals surface area (Å²) in [4.78, 5) is 5.11. The molecule has 2 aromatic rings. The minimum Gasteiger partial charge on any atom is -0.398 e. The van der Waals surface area contributed by atoms with Crippen LogP contribution in [-0.4, -0.2) is 4.98 Å². The normalized spacial score (nSPS) is 9.88. The Balaban J connectivity index is 2.22. The van der Waals surface area contributed by atoms with Gasteiger partial charge in [0.05, 0.1) is 16.3 Å². The standard InChI is InChI=1S/C12H8ClN3S/c13-9-2-4-12(16-7-9)17-10-3-1-8(6-14)11(15)5-10/h1-5,7H,15H2. The fourth-order valence-electron chi connectivity index (χ4n) is 1.25. The summed E-state index contributed by atoms with van der Waals surface area (Å²) >= 11 is 7.22. The Morgan fingerprint density at radius 2 is 2.12 bits per heavy atom. The van der Waals surface area contributed by atoms with Gasteiger partial charge in [0.1, 0.15) is 11.1 Å². The second-order valence-corrected chi connectivity index (χ2v) is 4.81. The number of pyridine rings is 1. The minimum absolute atomic E-state index is 0.478. The Kier molecular flexibility index (Phi) is 3.52. The van der Waals surface area contributed by atoms with E-state index < -0.39 is 0 Å². The van der Waals surface area contributed by atoms with Crippen LogP contribution in [0.4, 0.5) is 5.69 Å². The molecule has 0 aliphatic rings. The first kappa shape index (κ1) is 11.8. The van der Waals surface area contributed by atoms with Gasteiger partial charge in [-0.1, -0.05) is 23.4 Å². The van der Waals surface area contributed by atoms with Crippen molar-refractivity contribution in [1.29, 1.82) is 5.26 Å². The molecule has 1 aromatic heterocycles. The molecule has 0 bridgehead atoms. The van der Waals surface area contributed by atoms with Crippen LogP contribution in [0.25, 0.3) is 0 Å². The van der Waals surface area contributed by atoms with Crippen LogP contribution in [0.15, 0.2) is 46.5 Å². The zero-order chi connectivity index (χ0) is 12.3. The van der Waals surface area contributed by atoms with E-state index in [1.807, 2.05) is 18.2 Å². The topological polar surface area (TPSA) is 62.7 Å². The van der Waals surface area contributed by atoms with Crippen molar-refractivity contribution in [3.05, 3.63) is 47.1 Å². The van der Waals surface area contributed by atoms with E-state index in [4.69, 9.17) is 22.6 Å². The van der Waals surface area contributed by atoms with Gasteiger partial charge in [-0.3, -0.25) is 0 Å². The number of nitrogens with zero attached hydrogens (tertiary/aromatic N) is 2. The van der Waals surface area contributed by atoms with Crippen molar-refractivity contribution in [1.82, 2.24) is 4.98 Å². The fraction of sp³-hybridized carbons (Fsp3) is 0.